The van der Waals surface area contributed by atoms with Crippen molar-refractivity contribution in [1.29, 1.82) is 0 Å². The van der Waals surface area contributed by atoms with E-state index >= 15 is 0 Å². The van der Waals surface area contributed by atoms with Crippen LogP contribution < -0.4 is 14.4 Å². The van der Waals surface area contributed by atoms with E-state index < -0.39 is 6.10 Å². The number of β-amino-alcohol motifs (C(OH)–C–C–N with tert-alkyl or cyclic N) is 1. The maximum absolute atomic E-state index is 13.1. The second kappa shape index (κ2) is 8.38. The molecule has 0 amide bonds. The van der Waals surface area contributed by atoms with Crippen molar-refractivity contribution in [3.05, 3.63) is 53.8 Å². The number of hydrogen-bond donors (Lipinski definition) is 1. The lowest BCUT2D eigenvalue weighted by Crippen LogP contribution is -2.47. The largest absolute Gasteiger partial charge is 0.497 e. The zero-order valence-electron chi connectivity index (χ0n) is 15.2. The van der Waals surface area contributed by atoms with Crippen molar-refractivity contribution in [3.8, 4) is 11.5 Å². The summed E-state index contributed by atoms with van der Waals surface area (Å²) in [6.45, 7) is 3.88. The number of piperazine rings is 1. The number of anilines is 1. The highest BCUT2D eigenvalue weighted by Gasteiger charge is 2.22. The molecule has 1 heterocycles. The van der Waals surface area contributed by atoms with E-state index in [1.807, 2.05) is 18.2 Å². The number of benzene rings is 2. The van der Waals surface area contributed by atoms with Crippen LogP contribution in [0.3, 0.4) is 0 Å². The fourth-order valence-corrected chi connectivity index (χ4v) is 3.28. The number of aliphatic hydroxyl groups excluding tert-OH is 1. The zero-order chi connectivity index (χ0) is 18.5. The van der Waals surface area contributed by atoms with Crippen LogP contribution in [0.1, 0.15) is 11.7 Å². The molecule has 1 atom stereocenters. The standard InChI is InChI=1S/C20H25FN2O3/c1-25-17-7-8-20(26-2)18(13-17)19(24)14-22-9-11-23(12-10-22)16-5-3-15(21)4-6-16/h3-8,13,19,24H,9-12,14H2,1-2H3/t19-/m0/s1. The molecular formula is C20H25FN2O3. The molecule has 1 fully saturated rings. The van der Waals surface area contributed by atoms with Gasteiger partial charge < -0.3 is 19.5 Å². The summed E-state index contributed by atoms with van der Waals surface area (Å²) in [5, 5.41) is 10.7. The smallest absolute Gasteiger partial charge is 0.124 e. The van der Waals surface area contributed by atoms with Gasteiger partial charge in [0.1, 0.15) is 17.3 Å². The van der Waals surface area contributed by atoms with Crippen molar-refractivity contribution >= 4 is 5.69 Å². The van der Waals surface area contributed by atoms with Crippen LogP contribution in [0.5, 0.6) is 11.5 Å². The van der Waals surface area contributed by atoms with E-state index in [9.17, 15) is 9.50 Å². The van der Waals surface area contributed by atoms with E-state index in [2.05, 4.69) is 9.80 Å². The Labute approximate surface area is 153 Å². The SMILES string of the molecule is COc1ccc(OC)c([C@@H](O)CN2CCN(c3ccc(F)cc3)CC2)c1. The molecule has 1 aliphatic heterocycles. The quantitative estimate of drug-likeness (QED) is 0.858. The minimum atomic E-state index is -0.655. The first-order valence-electron chi connectivity index (χ1n) is 8.73. The number of rotatable bonds is 6. The number of methoxy groups -OCH3 is 2. The minimum Gasteiger partial charge on any atom is -0.497 e. The van der Waals surface area contributed by atoms with Crippen molar-refractivity contribution < 1.29 is 19.0 Å². The first kappa shape index (κ1) is 18.5. The van der Waals surface area contributed by atoms with Crippen LogP contribution in [-0.2, 0) is 0 Å². The lowest BCUT2D eigenvalue weighted by Gasteiger charge is -2.37. The highest BCUT2D eigenvalue weighted by Crippen LogP contribution is 2.30. The van der Waals surface area contributed by atoms with Gasteiger partial charge in [-0.15, -0.1) is 0 Å². The van der Waals surface area contributed by atoms with Crippen molar-refractivity contribution in [3.63, 3.8) is 0 Å². The van der Waals surface area contributed by atoms with E-state index in [1.165, 1.54) is 12.1 Å². The summed E-state index contributed by atoms with van der Waals surface area (Å²) in [6, 6.07) is 12.0. The normalized spacial score (nSPS) is 16.4. The Morgan fingerprint density at radius 1 is 1.00 bits per heavy atom. The second-order valence-electron chi connectivity index (χ2n) is 6.39. The maximum atomic E-state index is 13.1. The summed E-state index contributed by atoms with van der Waals surface area (Å²) in [5.41, 5.74) is 1.76. The molecule has 0 spiro atoms. The first-order chi connectivity index (χ1) is 12.6. The summed E-state index contributed by atoms with van der Waals surface area (Å²) >= 11 is 0. The monoisotopic (exact) mass is 360 g/mol. The Balaban J connectivity index is 1.60. The van der Waals surface area contributed by atoms with Gasteiger partial charge in [0, 0.05) is 44.0 Å². The lowest BCUT2D eigenvalue weighted by molar-refractivity contribution is 0.107. The highest BCUT2D eigenvalue weighted by molar-refractivity contribution is 5.46. The first-order valence-corrected chi connectivity index (χ1v) is 8.73. The third-order valence-electron chi connectivity index (χ3n) is 4.79. The van der Waals surface area contributed by atoms with E-state index in [-0.39, 0.29) is 5.82 Å². The molecule has 26 heavy (non-hydrogen) atoms. The van der Waals surface area contributed by atoms with Crippen LogP contribution in [0.2, 0.25) is 0 Å². The van der Waals surface area contributed by atoms with Gasteiger partial charge in [0.15, 0.2) is 0 Å². The molecule has 1 aliphatic rings. The highest BCUT2D eigenvalue weighted by atomic mass is 19.1. The Bertz CT molecular complexity index is 715. The predicted molar refractivity (Wildman–Crippen MR) is 99.6 cm³/mol. The molecule has 140 valence electrons. The van der Waals surface area contributed by atoms with Crippen molar-refractivity contribution in [1.82, 2.24) is 4.90 Å². The Morgan fingerprint density at radius 3 is 2.31 bits per heavy atom. The lowest BCUT2D eigenvalue weighted by atomic mass is 10.1. The molecule has 0 aromatic heterocycles. The average Bonchev–Trinajstić information content (AvgIpc) is 2.68. The molecule has 1 N–H and O–H groups in total. The van der Waals surface area contributed by atoms with Gasteiger partial charge in [-0.1, -0.05) is 0 Å². The summed E-state index contributed by atoms with van der Waals surface area (Å²) in [4.78, 5) is 4.46. The van der Waals surface area contributed by atoms with Gasteiger partial charge in [-0.05, 0) is 42.5 Å². The predicted octanol–water partition coefficient (Wildman–Crippen LogP) is 2.70. The van der Waals surface area contributed by atoms with Crippen molar-refractivity contribution in [2.24, 2.45) is 0 Å². The molecule has 0 aliphatic carbocycles. The van der Waals surface area contributed by atoms with Gasteiger partial charge in [0.25, 0.3) is 0 Å². The number of ether oxygens (including phenoxy) is 2. The number of nitrogens with zero attached hydrogens (tertiary/aromatic N) is 2. The van der Waals surface area contributed by atoms with Gasteiger partial charge in [0.2, 0.25) is 0 Å². The van der Waals surface area contributed by atoms with Crippen molar-refractivity contribution in [2.45, 2.75) is 6.10 Å². The van der Waals surface area contributed by atoms with Crippen molar-refractivity contribution in [2.75, 3.05) is 51.8 Å². The average molecular weight is 360 g/mol. The molecular weight excluding hydrogens is 335 g/mol. The van der Waals surface area contributed by atoms with Gasteiger partial charge in [-0.3, -0.25) is 4.90 Å². The van der Waals surface area contributed by atoms with E-state index in [0.29, 0.717) is 18.0 Å². The Morgan fingerprint density at radius 2 is 1.69 bits per heavy atom. The number of aliphatic hydroxyl groups is 1. The molecule has 0 radical (unpaired) electrons. The van der Waals surface area contributed by atoms with Gasteiger partial charge in [-0.25, -0.2) is 4.39 Å². The second-order valence-corrected chi connectivity index (χ2v) is 6.39. The summed E-state index contributed by atoms with van der Waals surface area (Å²) in [7, 11) is 3.20. The molecule has 6 heteroatoms. The fraction of sp³-hybridized carbons (Fsp3) is 0.400. The molecule has 0 saturated carbocycles. The van der Waals surface area contributed by atoms with Crippen LogP contribution in [0.4, 0.5) is 10.1 Å². The summed E-state index contributed by atoms with van der Waals surface area (Å²) in [5.74, 6) is 1.13. The third kappa shape index (κ3) is 4.26. The maximum Gasteiger partial charge on any atom is 0.124 e. The van der Waals surface area contributed by atoms with Crippen LogP contribution in [0.25, 0.3) is 0 Å². The summed E-state index contributed by atoms with van der Waals surface area (Å²) < 4.78 is 23.7. The topological polar surface area (TPSA) is 45.2 Å². The zero-order valence-corrected chi connectivity index (χ0v) is 15.2. The molecule has 0 unspecified atom stereocenters. The van der Waals surface area contributed by atoms with E-state index in [1.54, 1.807) is 26.4 Å². The summed E-state index contributed by atoms with van der Waals surface area (Å²) in [6.07, 6.45) is -0.655. The molecule has 3 rings (SSSR count). The van der Waals surface area contributed by atoms with Crippen LogP contribution in [-0.4, -0.2) is 56.9 Å². The molecule has 0 bridgehead atoms. The molecule has 5 nitrogen and oxygen atoms in total. The van der Waals surface area contributed by atoms with Crippen LogP contribution >= 0.6 is 0 Å². The van der Waals surface area contributed by atoms with Gasteiger partial charge >= 0.3 is 0 Å². The van der Waals surface area contributed by atoms with Gasteiger partial charge in [0.05, 0.1) is 20.3 Å². The molecule has 1 saturated heterocycles. The van der Waals surface area contributed by atoms with E-state index in [4.69, 9.17) is 9.47 Å². The number of hydrogen-bond acceptors (Lipinski definition) is 5. The fourth-order valence-electron chi connectivity index (χ4n) is 3.28. The molecule has 2 aromatic rings. The van der Waals surface area contributed by atoms with E-state index in [0.717, 1.165) is 37.4 Å². The number of halogens is 1. The van der Waals surface area contributed by atoms with Gasteiger partial charge in [-0.2, -0.15) is 0 Å². The van der Waals surface area contributed by atoms with Crippen LogP contribution in [0.15, 0.2) is 42.5 Å². The molecule has 2 aromatic carbocycles. The van der Waals surface area contributed by atoms with Crippen LogP contribution in [0, 0.1) is 5.82 Å². The third-order valence-corrected chi connectivity index (χ3v) is 4.79. The minimum absolute atomic E-state index is 0.220. The Hall–Kier alpha value is -2.31. The Kier molecular flexibility index (Phi) is 5.96.